The Bertz CT molecular complexity index is 2970. The van der Waals surface area contributed by atoms with Crippen LogP contribution in [0.3, 0.4) is 0 Å². The molecule has 0 N–H and O–H groups in total. The lowest BCUT2D eigenvalue weighted by Gasteiger charge is -2.10. The van der Waals surface area contributed by atoms with Gasteiger partial charge in [-0.2, -0.15) is 0 Å². The second-order valence-electron chi connectivity index (χ2n) is 12.5. The summed E-state index contributed by atoms with van der Waals surface area (Å²) in [6.07, 6.45) is 0. The zero-order valence-corrected chi connectivity index (χ0v) is 26.1. The molecule has 0 amide bonds. The van der Waals surface area contributed by atoms with Crippen LogP contribution in [0.2, 0.25) is 0 Å². The fourth-order valence-electron chi connectivity index (χ4n) is 7.60. The molecule has 49 heavy (non-hydrogen) atoms. The van der Waals surface area contributed by atoms with Gasteiger partial charge in [0.05, 0.1) is 21.5 Å². The van der Waals surface area contributed by atoms with Crippen LogP contribution in [0.15, 0.2) is 162 Å². The lowest BCUT2D eigenvalue weighted by Crippen LogP contribution is -1.94. The molecule has 0 fully saturated rings. The molecular formula is C44H26N2O3. The summed E-state index contributed by atoms with van der Waals surface area (Å²) < 4.78 is 8.65. The quantitative estimate of drug-likeness (QED) is 0.144. The first-order valence-electron chi connectivity index (χ1n) is 16.3. The number of para-hydroxylation sites is 1. The number of benzene rings is 8. The minimum absolute atomic E-state index is 0.0640. The monoisotopic (exact) mass is 630 g/mol. The molecule has 0 aliphatic carbocycles. The van der Waals surface area contributed by atoms with E-state index in [0.29, 0.717) is 5.56 Å². The number of fused-ring (bicyclic) bond motifs is 10. The van der Waals surface area contributed by atoms with Crippen LogP contribution in [0.25, 0.3) is 93.2 Å². The summed E-state index contributed by atoms with van der Waals surface area (Å²) in [6.45, 7) is 0. The van der Waals surface area contributed by atoms with Crippen LogP contribution in [0, 0.1) is 10.1 Å². The van der Waals surface area contributed by atoms with Gasteiger partial charge in [0.1, 0.15) is 11.2 Å². The average molecular weight is 631 g/mol. The van der Waals surface area contributed by atoms with Crippen molar-refractivity contribution in [3.63, 3.8) is 0 Å². The number of nitro benzene ring substituents is 1. The smallest absolute Gasteiger partial charge is 0.277 e. The van der Waals surface area contributed by atoms with Crippen LogP contribution in [0.5, 0.6) is 0 Å². The van der Waals surface area contributed by atoms with E-state index in [0.717, 1.165) is 71.5 Å². The number of nitro groups is 1. The number of furan rings is 1. The van der Waals surface area contributed by atoms with E-state index in [2.05, 4.69) is 108 Å². The Morgan fingerprint density at radius 3 is 2.00 bits per heavy atom. The van der Waals surface area contributed by atoms with Crippen molar-refractivity contribution in [2.24, 2.45) is 0 Å². The summed E-state index contributed by atoms with van der Waals surface area (Å²) in [5.74, 6) is 0. The summed E-state index contributed by atoms with van der Waals surface area (Å²) in [5.41, 5.74) is 8.21. The molecule has 0 spiro atoms. The molecule has 10 aromatic rings. The van der Waals surface area contributed by atoms with Crippen molar-refractivity contribution in [2.45, 2.75) is 0 Å². The van der Waals surface area contributed by atoms with Gasteiger partial charge in [-0.05, 0) is 93.5 Å². The van der Waals surface area contributed by atoms with Crippen LogP contribution in [0.4, 0.5) is 5.69 Å². The first-order valence-corrected chi connectivity index (χ1v) is 16.3. The Morgan fingerprint density at radius 2 is 1.16 bits per heavy atom. The molecule has 2 aromatic heterocycles. The summed E-state index contributed by atoms with van der Waals surface area (Å²) in [5, 5.41) is 21.1. The van der Waals surface area contributed by atoms with Gasteiger partial charge in [0, 0.05) is 38.7 Å². The van der Waals surface area contributed by atoms with Gasteiger partial charge in [0.2, 0.25) is 0 Å². The number of aromatic nitrogens is 1. The third-order valence-electron chi connectivity index (χ3n) is 9.87. The SMILES string of the molecule is O=[N+]([O-])c1ccc(-c2ccc3c(c2)c2c4ccccc4ccc2n3-c2ccccc2)cc1-c1ccc2oc3c4ccccc4ccc3c2c1. The predicted octanol–water partition coefficient (Wildman–Crippen LogP) is 12.2. The van der Waals surface area contributed by atoms with Gasteiger partial charge < -0.3 is 8.98 Å². The molecule has 0 atom stereocenters. The molecule has 0 unspecified atom stereocenters. The van der Waals surface area contributed by atoms with Crippen molar-refractivity contribution in [2.75, 3.05) is 0 Å². The minimum Gasteiger partial charge on any atom is -0.455 e. The molecule has 0 bridgehead atoms. The molecule has 5 nitrogen and oxygen atoms in total. The van der Waals surface area contributed by atoms with E-state index in [9.17, 15) is 10.1 Å². The molecule has 0 radical (unpaired) electrons. The molecule has 10 rings (SSSR count). The van der Waals surface area contributed by atoms with Gasteiger partial charge in [-0.3, -0.25) is 10.1 Å². The van der Waals surface area contributed by atoms with Gasteiger partial charge in [0.15, 0.2) is 0 Å². The molecule has 0 aliphatic rings. The highest BCUT2D eigenvalue weighted by Crippen LogP contribution is 2.42. The standard InChI is InChI=1S/C44H26N2O3/c47-46(48)40-21-17-29(24-36(40)31-18-23-42-37(26-31)35-19-14-28-9-5-7-13-34(28)44(35)49-42)30-16-20-39-38(25-30)43-33-12-6-4-8-27(33)15-22-41(43)45(39)32-10-2-1-3-11-32/h1-26H. The van der Waals surface area contributed by atoms with Crippen LogP contribution >= 0.6 is 0 Å². The van der Waals surface area contributed by atoms with E-state index in [-0.39, 0.29) is 10.6 Å². The molecule has 5 heteroatoms. The first-order chi connectivity index (χ1) is 24.1. The predicted molar refractivity (Wildman–Crippen MR) is 201 cm³/mol. The third kappa shape index (κ3) is 4.12. The van der Waals surface area contributed by atoms with E-state index in [1.54, 1.807) is 6.07 Å². The summed E-state index contributed by atoms with van der Waals surface area (Å²) in [7, 11) is 0. The van der Waals surface area contributed by atoms with Crippen LogP contribution < -0.4 is 0 Å². The van der Waals surface area contributed by atoms with E-state index >= 15 is 0 Å². The van der Waals surface area contributed by atoms with Crippen molar-refractivity contribution in [3.8, 4) is 27.9 Å². The van der Waals surface area contributed by atoms with Crippen LogP contribution in [0.1, 0.15) is 0 Å². The topological polar surface area (TPSA) is 61.2 Å². The fourth-order valence-corrected chi connectivity index (χ4v) is 7.60. The number of hydrogen-bond acceptors (Lipinski definition) is 3. The van der Waals surface area contributed by atoms with Gasteiger partial charge in [-0.1, -0.05) is 91.0 Å². The van der Waals surface area contributed by atoms with Gasteiger partial charge in [0.25, 0.3) is 5.69 Å². The summed E-state index contributed by atoms with van der Waals surface area (Å²) >= 11 is 0. The second kappa shape index (κ2) is 10.4. The highest BCUT2D eigenvalue weighted by Gasteiger charge is 2.20. The maximum atomic E-state index is 12.4. The Labute approximate surface area is 280 Å². The Hall–Kier alpha value is -6.72. The van der Waals surface area contributed by atoms with Crippen LogP contribution in [-0.2, 0) is 0 Å². The minimum atomic E-state index is -0.299. The first kappa shape index (κ1) is 27.4. The largest absolute Gasteiger partial charge is 0.455 e. The number of rotatable bonds is 4. The van der Waals surface area contributed by atoms with E-state index < -0.39 is 0 Å². The third-order valence-corrected chi connectivity index (χ3v) is 9.87. The molecule has 0 aliphatic heterocycles. The van der Waals surface area contributed by atoms with Gasteiger partial charge >= 0.3 is 0 Å². The highest BCUT2D eigenvalue weighted by atomic mass is 16.6. The average Bonchev–Trinajstić information content (AvgIpc) is 3.70. The number of nitrogens with zero attached hydrogens (tertiary/aromatic N) is 2. The Balaban J connectivity index is 1.19. The Morgan fingerprint density at radius 1 is 0.510 bits per heavy atom. The fraction of sp³-hybridized carbons (Fsp3) is 0. The molecule has 0 saturated heterocycles. The van der Waals surface area contributed by atoms with Crippen LogP contribution in [-0.4, -0.2) is 9.49 Å². The van der Waals surface area contributed by atoms with Crippen molar-refractivity contribution in [1.29, 1.82) is 0 Å². The Kier molecular flexibility index (Phi) is 5.81. The van der Waals surface area contributed by atoms with Crippen molar-refractivity contribution in [3.05, 3.63) is 168 Å². The summed E-state index contributed by atoms with van der Waals surface area (Å²) in [4.78, 5) is 12.1. The molecule has 2 heterocycles. The molecule has 230 valence electrons. The van der Waals surface area contributed by atoms with Gasteiger partial charge in [-0.25, -0.2) is 0 Å². The summed E-state index contributed by atoms with van der Waals surface area (Å²) in [6, 6.07) is 53.4. The van der Waals surface area contributed by atoms with Gasteiger partial charge in [-0.15, -0.1) is 0 Å². The highest BCUT2D eigenvalue weighted by molar-refractivity contribution is 6.22. The van der Waals surface area contributed by atoms with Crippen molar-refractivity contribution in [1.82, 2.24) is 4.57 Å². The molecule has 0 saturated carbocycles. The number of hydrogen-bond donors (Lipinski definition) is 0. The lowest BCUT2D eigenvalue weighted by atomic mass is 9.95. The second-order valence-corrected chi connectivity index (χ2v) is 12.5. The van der Waals surface area contributed by atoms with Crippen molar-refractivity contribution < 1.29 is 9.34 Å². The van der Waals surface area contributed by atoms with E-state index in [4.69, 9.17) is 4.42 Å². The lowest BCUT2D eigenvalue weighted by molar-refractivity contribution is -0.384. The van der Waals surface area contributed by atoms with E-state index in [1.165, 1.54) is 16.2 Å². The maximum absolute atomic E-state index is 12.4. The van der Waals surface area contributed by atoms with E-state index in [1.807, 2.05) is 48.5 Å². The molecular weight excluding hydrogens is 604 g/mol. The van der Waals surface area contributed by atoms with Crippen molar-refractivity contribution >= 4 is 71.0 Å². The normalized spacial score (nSPS) is 11.8. The molecule has 8 aromatic carbocycles. The zero-order valence-electron chi connectivity index (χ0n) is 26.1. The zero-order chi connectivity index (χ0) is 32.6. The maximum Gasteiger partial charge on any atom is 0.277 e.